The summed E-state index contributed by atoms with van der Waals surface area (Å²) in [6, 6.07) is 13.0. The molecule has 0 heterocycles. The Balaban J connectivity index is 0.00000106. The standard InChI is InChI=1S/C15H13ClO3.C2H6/c1-18-13-8-7-12(9-17)14(16)15(13)19-10-11-5-3-2-4-6-11;1-2/h2-9H,10H2,1H3;1-2H3. The van der Waals surface area contributed by atoms with Crippen LogP contribution in [0.1, 0.15) is 29.8 Å². The van der Waals surface area contributed by atoms with Crippen LogP contribution in [0.5, 0.6) is 11.5 Å². The number of methoxy groups -OCH3 is 1. The molecule has 0 saturated carbocycles. The van der Waals surface area contributed by atoms with E-state index in [0.29, 0.717) is 30.0 Å². The van der Waals surface area contributed by atoms with Crippen LogP contribution in [0.3, 0.4) is 0 Å². The molecule has 2 aromatic rings. The Hall–Kier alpha value is -2.00. The van der Waals surface area contributed by atoms with Crippen molar-refractivity contribution in [1.82, 2.24) is 0 Å². The van der Waals surface area contributed by atoms with E-state index in [1.54, 1.807) is 12.1 Å². The summed E-state index contributed by atoms with van der Waals surface area (Å²) in [5, 5.41) is 0.269. The van der Waals surface area contributed by atoms with Gasteiger partial charge in [-0.2, -0.15) is 0 Å². The summed E-state index contributed by atoms with van der Waals surface area (Å²) in [4.78, 5) is 10.9. The normalized spacial score (nSPS) is 9.33. The monoisotopic (exact) mass is 306 g/mol. The number of aldehydes is 1. The Kier molecular flexibility index (Phi) is 7.33. The van der Waals surface area contributed by atoms with E-state index in [0.717, 1.165) is 5.56 Å². The number of ether oxygens (including phenoxy) is 2. The Morgan fingerprint density at radius 2 is 1.76 bits per heavy atom. The molecule has 0 aliphatic rings. The number of carbonyl (C=O) groups excluding carboxylic acids is 1. The summed E-state index contributed by atoms with van der Waals surface area (Å²) in [6.45, 7) is 4.36. The molecule has 0 aliphatic heterocycles. The van der Waals surface area contributed by atoms with Crippen molar-refractivity contribution in [2.75, 3.05) is 7.11 Å². The van der Waals surface area contributed by atoms with Gasteiger partial charge in [0, 0.05) is 5.56 Å². The third-order valence-electron chi connectivity index (χ3n) is 2.66. The second-order valence-electron chi connectivity index (χ2n) is 3.89. The zero-order valence-corrected chi connectivity index (χ0v) is 13.2. The number of hydrogen-bond donors (Lipinski definition) is 0. The fourth-order valence-electron chi connectivity index (χ4n) is 1.67. The van der Waals surface area contributed by atoms with Crippen LogP contribution in [0.25, 0.3) is 0 Å². The molecule has 0 saturated heterocycles. The maximum absolute atomic E-state index is 10.9. The SMILES string of the molecule is CC.COc1ccc(C=O)c(Cl)c1OCc1ccccc1. The molecule has 21 heavy (non-hydrogen) atoms. The van der Waals surface area contributed by atoms with Crippen molar-refractivity contribution in [1.29, 1.82) is 0 Å². The zero-order chi connectivity index (χ0) is 15.7. The number of benzene rings is 2. The highest BCUT2D eigenvalue weighted by atomic mass is 35.5. The molecule has 0 radical (unpaired) electrons. The third-order valence-corrected chi connectivity index (χ3v) is 3.05. The lowest BCUT2D eigenvalue weighted by Crippen LogP contribution is -1.99. The van der Waals surface area contributed by atoms with Gasteiger partial charge in [-0.15, -0.1) is 0 Å². The molecule has 0 atom stereocenters. The van der Waals surface area contributed by atoms with E-state index in [4.69, 9.17) is 21.1 Å². The Bertz CT molecular complexity index is 568. The van der Waals surface area contributed by atoms with Crippen molar-refractivity contribution in [3.8, 4) is 11.5 Å². The van der Waals surface area contributed by atoms with E-state index >= 15 is 0 Å². The molecule has 112 valence electrons. The second kappa shape index (κ2) is 9.03. The summed E-state index contributed by atoms with van der Waals surface area (Å²) >= 11 is 6.12. The summed E-state index contributed by atoms with van der Waals surface area (Å²) in [6.07, 6.45) is 0.692. The molecule has 0 fully saturated rings. The minimum atomic E-state index is 0.269. The molecule has 0 aliphatic carbocycles. The highest BCUT2D eigenvalue weighted by molar-refractivity contribution is 6.34. The molecule has 0 N–H and O–H groups in total. The molecule has 2 aromatic carbocycles. The smallest absolute Gasteiger partial charge is 0.180 e. The van der Waals surface area contributed by atoms with E-state index in [1.807, 2.05) is 44.2 Å². The first-order chi connectivity index (χ1) is 10.3. The molecule has 0 amide bonds. The molecule has 0 unspecified atom stereocenters. The van der Waals surface area contributed by atoms with Gasteiger partial charge in [-0.1, -0.05) is 55.8 Å². The van der Waals surface area contributed by atoms with Crippen LogP contribution in [0.4, 0.5) is 0 Å². The van der Waals surface area contributed by atoms with Crippen molar-refractivity contribution in [2.45, 2.75) is 20.5 Å². The maximum atomic E-state index is 10.9. The zero-order valence-electron chi connectivity index (χ0n) is 12.4. The van der Waals surface area contributed by atoms with Gasteiger partial charge < -0.3 is 9.47 Å². The summed E-state index contributed by atoms with van der Waals surface area (Å²) in [7, 11) is 1.53. The summed E-state index contributed by atoms with van der Waals surface area (Å²) in [5.74, 6) is 0.893. The van der Waals surface area contributed by atoms with E-state index in [9.17, 15) is 4.79 Å². The van der Waals surface area contributed by atoms with Gasteiger partial charge in [-0.3, -0.25) is 4.79 Å². The van der Waals surface area contributed by atoms with Crippen molar-refractivity contribution in [3.63, 3.8) is 0 Å². The largest absolute Gasteiger partial charge is 0.493 e. The summed E-state index contributed by atoms with van der Waals surface area (Å²) in [5.41, 5.74) is 1.39. The second-order valence-corrected chi connectivity index (χ2v) is 4.27. The average Bonchev–Trinajstić information content (AvgIpc) is 2.56. The molecule has 0 bridgehead atoms. The van der Waals surface area contributed by atoms with Gasteiger partial charge in [0.25, 0.3) is 0 Å². The quantitative estimate of drug-likeness (QED) is 0.747. The van der Waals surface area contributed by atoms with Gasteiger partial charge in [0.1, 0.15) is 6.61 Å². The van der Waals surface area contributed by atoms with Crippen molar-refractivity contribution >= 4 is 17.9 Å². The minimum Gasteiger partial charge on any atom is -0.493 e. The average molecular weight is 307 g/mol. The van der Waals surface area contributed by atoms with Crippen LogP contribution in [0, 0.1) is 0 Å². The Morgan fingerprint density at radius 1 is 1.10 bits per heavy atom. The first-order valence-corrected chi connectivity index (χ1v) is 7.12. The van der Waals surface area contributed by atoms with Crippen LogP contribution in [0.15, 0.2) is 42.5 Å². The minimum absolute atomic E-state index is 0.269. The van der Waals surface area contributed by atoms with Crippen LogP contribution in [0.2, 0.25) is 5.02 Å². The van der Waals surface area contributed by atoms with E-state index in [-0.39, 0.29) is 5.02 Å². The van der Waals surface area contributed by atoms with Gasteiger partial charge in [0.15, 0.2) is 17.8 Å². The molecule has 2 rings (SSSR count). The van der Waals surface area contributed by atoms with Crippen LogP contribution >= 0.6 is 11.6 Å². The lowest BCUT2D eigenvalue weighted by atomic mass is 10.2. The topological polar surface area (TPSA) is 35.5 Å². The van der Waals surface area contributed by atoms with E-state index < -0.39 is 0 Å². The van der Waals surface area contributed by atoms with Gasteiger partial charge in [0.2, 0.25) is 0 Å². The summed E-state index contributed by atoms with van der Waals surface area (Å²) < 4.78 is 10.9. The number of rotatable bonds is 5. The Morgan fingerprint density at radius 3 is 2.33 bits per heavy atom. The fourth-order valence-corrected chi connectivity index (χ4v) is 1.92. The van der Waals surface area contributed by atoms with Crippen LogP contribution < -0.4 is 9.47 Å². The Labute approximate surface area is 130 Å². The number of halogens is 1. The third kappa shape index (κ3) is 4.50. The van der Waals surface area contributed by atoms with Gasteiger partial charge >= 0.3 is 0 Å². The first kappa shape index (κ1) is 17.1. The van der Waals surface area contributed by atoms with Crippen molar-refractivity contribution < 1.29 is 14.3 Å². The fraction of sp³-hybridized carbons (Fsp3) is 0.235. The number of hydrogen-bond acceptors (Lipinski definition) is 3. The van der Waals surface area contributed by atoms with E-state index in [2.05, 4.69) is 0 Å². The first-order valence-electron chi connectivity index (χ1n) is 6.74. The predicted molar refractivity (Wildman–Crippen MR) is 85.5 cm³/mol. The molecule has 0 spiro atoms. The van der Waals surface area contributed by atoms with Crippen LogP contribution in [-0.2, 0) is 6.61 Å². The van der Waals surface area contributed by atoms with Gasteiger partial charge in [-0.25, -0.2) is 0 Å². The molecule has 3 nitrogen and oxygen atoms in total. The highest BCUT2D eigenvalue weighted by Gasteiger charge is 2.13. The lowest BCUT2D eigenvalue weighted by Gasteiger charge is -2.13. The number of carbonyl (C=O) groups is 1. The van der Waals surface area contributed by atoms with Gasteiger partial charge in [0.05, 0.1) is 12.1 Å². The van der Waals surface area contributed by atoms with Crippen molar-refractivity contribution in [2.24, 2.45) is 0 Å². The van der Waals surface area contributed by atoms with E-state index in [1.165, 1.54) is 7.11 Å². The lowest BCUT2D eigenvalue weighted by molar-refractivity contribution is 0.112. The molecule has 4 heteroatoms. The maximum Gasteiger partial charge on any atom is 0.180 e. The van der Waals surface area contributed by atoms with Crippen LogP contribution in [-0.4, -0.2) is 13.4 Å². The highest BCUT2D eigenvalue weighted by Crippen LogP contribution is 2.37. The predicted octanol–water partition coefficient (Wildman–Crippen LogP) is 4.77. The molecule has 0 aromatic heterocycles. The van der Waals surface area contributed by atoms with Gasteiger partial charge in [-0.05, 0) is 17.7 Å². The van der Waals surface area contributed by atoms with Crippen molar-refractivity contribution in [3.05, 3.63) is 58.6 Å². The molecular weight excluding hydrogens is 288 g/mol. The molecular formula is C17H19ClO3.